The summed E-state index contributed by atoms with van der Waals surface area (Å²) in [4.78, 5) is 30.8. The summed E-state index contributed by atoms with van der Waals surface area (Å²) in [7, 11) is -5.10. The number of phosphoric acid groups is 1. The molecule has 31 heavy (non-hydrogen) atoms. The first-order chi connectivity index (χ1) is 14.5. The molecule has 0 saturated carbocycles. The van der Waals surface area contributed by atoms with Crippen molar-refractivity contribution in [2.45, 2.75) is 57.4 Å². The van der Waals surface area contributed by atoms with Gasteiger partial charge in [-0.2, -0.15) is 0 Å². The summed E-state index contributed by atoms with van der Waals surface area (Å²) in [5, 5.41) is 20.0. The van der Waals surface area contributed by atoms with E-state index in [4.69, 9.17) is 24.5 Å². The minimum Gasteiger partial charge on any atom is -0.461 e. The molecule has 0 aromatic heterocycles. The second-order valence-corrected chi connectivity index (χ2v) is 8.82. The minimum absolute atomic E-state index is 0.0131. The Bertz CT molecular complexity index is 753. The first-order valence-corrected chi connectivity index (χ1v) is 11.4. The highest BCUT2D eigenvalue weighted by atomic mass is 31.2. The quantitative estimate of drug-likeness (QED) is 0.234. The lowest BCUT2D eigenvalue weighted by atomic mass is 9.99. The van der Waals surface area contributed by atoms with Gasteiger partial charge >= 0.3 is 13.8 Å². The van der Waals surface area contributed by atoms with Crippen LogP contribution in [0.2, 0.25) is 0 Å². The van der Waals surface area contributed by atoms with Crippen molar-refractivity contribution >= 4 is 13.8 Å². The van der Waals surface area contributed by atoms with Gasteiger partial charge in [-0.25, -0.2) is 4.57 Å². The van der Waals surface area contributed by atoms with E-state index in [9.17, 15) is 29.4 Å². The van der Waals surface area contributed by atoms with Gasteiger partial charge in [-0.1, -0.05) is 26.0 Å². The summed E-state index contributed by atoms with van der Waals surface area (Å²) >= 11 is 0. The van der Waals surface area contributed by atoms with Crippen molar-refractivity contribution in [1.29, 1.82) is 0 Å². The predicted octanol–water partition coefficient (Wildman–Crippen LogP) is 0.0805. The van der Waals surface area contributed by atoms with Gasteiger partial charge in [0.25, 0.3) is 0 Å². The normalized spacial score (nSPS) is 26.6. The van der Waals surface area contributed by atoms with Crippen LogP contribution in [0.4, 0.5) is 0 Å². The molecule has 1 heterocycles. The molecule has 1 fully saturated rings. The van der Waals surface area contributed by atoms with Crippen molar-refractivity contribution in [1.82, 2.24) is 0 Å². The van der Waals surface area contributed by atoms with Crippen LogP contribution >= 0.6 is 7.82 Å². The molecule has 1 saturated heterocycles. The molecule has 2 rings (SSSR count). The van der Waals surface area contributed by atoms with E-state index < -0.39 is 51.1 Å². The molecule has 11 nitrogen and oxygen atoms in total. The van der Waals surface area contributed by atoms with Gasteiger partial charge in [0, 0.05) is 6.42 Å². The van der Waals surface area contributed by atoms with Crippen molar-refractivity contribution in [2.75, 3.05) is 13.2 Å². The van der Waals surface area contributed by atoms with Gasteiger partial charge in [-0.05, 0) is 36.6 Å². The van der Waals surface area contributed by atoms with Crippen LogP contribution < -0.4 is 10.5 Å². The predicted molar refractivity (Wildman–Crippen MR) is 108 cm³/mol. The number of rotatable bonds is 10. The van der Waals surface area contributed by atoms with Gasteiger partial charge in [-0.3, -0.25) is 9.32 Å². The summed E-state index contributed by atoms with van der Waals surface area (Å²) < 4.78 is 32.8. The van der Waals surface area contributed by atoms with Crippen LogP contribution in [-0.2, 0) is 29.8 Å². The van der Waals surface area contributed by atoms with E-state index in [2.05, 4.69) is 0 Å². The number of aliphatic hydroxyl groups is 2. The zero-order valence-electron chi connectivity index (χ0n) is 17.4. The molecular weight excluding hydrogens is 433 g/mol. The topological polar surface area (TPSA) is 178 Å². The molecule has 6 N–H and O–H groups in total. The second-order valence-electron chi connectivity index (χ2n) is 7.63. The number of hydrogen-bond acceptors (Lipinski definition) is 9. The first-order valence-electron chi connectivity index (χ1n) is 9.87. The fourth-order valence-electron chi connectivity index (χ4n) is 3.11. The standard InChI is InChI=1S/C19H30NO10P/c1-11(2)9-15(22)29-18-17(30-31(24,25)26)16(23)14(10-21)28-19(18)27-13-5-3-12(4-6-13)7-8-20/h3-6,11,14,16-19,21,23H,7-10,20H2,1-2H3,(H2,24,25,26). The highest BCUT2D eigenvalue weighted by molar-refractivity contribution is 7.46. The second kappa shape index (κ2) is 11.3. The Kier molecular flexibility index (Phi) is 9.41. The van der Waals surface area contributed by atoms with Gasteiger partial charge in [0.1, 0.15) is 24.1 Å². The number of phosphoric ester groups is 1. The van der Waals surface area contributed by atoms with Crippen LogP contribution in [0, 0.1) is 5.92 Å². The van der Waals surface area contributed by atoms with Crippen molar-refractivity contribution < 1.29 is 48.1 Å². The van der Waals surface area contributed by atoms with Crippen LogP contribution in [0.5, 0.6) is 5.75 Å². The molecule has 1 aliphatic rings. The lowest BCUT2D eigenvalue weighted by Gasteiger charge is -2.42. The van der Waals surface area contributed by atoms with Gasteiger partial charge in [0.05, 0.1) is 6.61 Å². The third-order valence-electron chi connectivity index (χ3n) is 4.51. The highest BCUT2D eigenvalue weighted by Gasteiger charge is 2.51. The van der Waals surface area contributed by atoms with Crippen molar-refractivity contribution in [3.63, 3.8) is 0 Å². The number of aliphatic hydroxyl groups excluding tert-OH is 2. The van der Waals surface area contributed by atoms with Gasteiger partial charge < -0.3 is 39.9 Å². The number of ether oxygens (including phenoxy) is 3. The maximum Gasteiger partial charge on any atom is 0.470 e. The molecular formula is C19H30NO10P. The maximum absolute atomic E-state index is 12.3. The molecule has 1 aromatic carbocycles. The smallest absolute Gasteiger partial charge is 0.461 e. The van der Waals surface area contributed by atoms with E-state index in [0.29, 0.717) is 18.7 Å². The summed E-state index contributed by atoms with van der Waals surface area (Å²) in [6.07, 6.45) is -6.94. The summed E-state index contributed by atoms with van der Waals surface area (Å²) in [5.41, 5.74) is 6.50. The van der Waals surface area contributed by atoms with E-state index in [-0.39, 0.29) is 12.3 Å². The lowest BCUT2D eigenvalue weighted by molar-refractivity contribution is -0.279. The highest BCUT2D eigenvalue weighted by Crippen LogP contribution is 2.42. The molecule has 1 aromatic rings. The molecule has 0 radical (unpaired) electrons. The zero-order chi connectivity index (χ0) is 23.2. The van der Waals surface area contributed by atoms with Crippen molar-refractivity contribution in [3.8, 4) is 5.75 Å². The number of hydrogen-bond donors (Lipinski definition) is 5. The molecule has 1 aliphatic heterocycles. The summed E-state index contributed by atoms with van der Waals surface area (Å²) in [6.45, 7) is 3.35. The molecule has 12 heteroatoms. The van der Waals surface area contributed by atoms with Crippen molar-refractivity contribution in [3.05, 3.63) is 29.8 Å². The molecule has 0 amide bonds. The van der Waals surface area contributed by atoms with Gasteiger partial charge in [0.15, 0.2) is 6.10 Å². The molecule has 0 spiro atoms. The summed E-state index contributed by atoms with van der Waals surface area (Å²) in [5.74, 6) is -0.439. The van der Waals surface area contributed by atoms with E-state index in [1.54, 1.807) is 38.1 Å². The van der Waals surface area contributed by atoms with E-state index >= 15 is 0 Å². The average Bonchev–Trinajstić information content (AvgIpc) is 2.67. The Hall–Kier alpha value is -1.56. The third kappa shape index (κ3) is 7.81. The Morgan fingerprint density at radius 3 is 2.39 bits per heavy atom. The number of benzene rings is 1. The van der Waals surface area contributed by atoms with Crippen LogP contribution in [0.25, 0.3) is 0 Å². The average molecular weight is 463 g/mol. The van der Waals surface area contributed by atoms with Crippen LogP contribution in [0.15, 0.2) is 24.3 Å². The van der Waals surface area contributed by atoms with Crippen molar-refractivity contribution in [2.24, 2.45) is 11.7 Å². The minimum atomic E-state index is -5.10. The Morgan fingerprint density at radius 1 is 1.23 bits per heavy atom. The van der Waals surface area contributed by atoms with Gasteiger partial charge in [-0.15, -0.1) is 0 Å². The van der Waals surface area contributed by atoms with Crippen LogP contribution in [0.1, 0.15) is 25.8 Å². The number of carbonyl (C=O) groups is 1. The third-order valence-corrected chi connectivity index (χ3v) is 5.03. The Morgan fingerprint density at radius 2 is 1.87 bits per heavy atom. The molecule has 5 unspecified atom stereocenters. The van der Waals surface area contributed by atoms with E-state index in [0.717, 1.165) is 5.56 Å². The zero-order valence-corrected chi connectivity index (χ0v) is 18.3. The van der Waals surface area contributed by atoms with E-state index in [1.165, 1.54) is 0 Å². The maximum atomic E-state index is 12.3. The fraction of sp³-hybridized carbons (Fsp3) is 0.632. The molecule has 0 bridgehead atoms. The molecule has 176 valence electrons. The fourth-order valence-corrected chi connectivity index (χ4v) is 3.67. The monoisotopic (exact) mass is 463 g/mol. The number of esters is 1. The lowest BCUT2D eigenvalue weighted by Crippen LogP contribution is -2.62. The number of nitrogens with two attached hydrogens (primary N) is 1. The van der Waals surface area contributed by atoms with E-state index in [1.807, 2.05) is 0 Å². The first kappa shape index (κ1) is 25.7. The molecule has 5 atom stereocenters. The Balaban J connectivity index is 2.32. The Labute approximate surface area is 180 Å². The number of carbonyl (C=O) groups excluding carboxylic acids is 1. The van der Waals surface area contributed by atoms with Crippen LogP contribution in [0.3, 0.4) is 0 Å². The summed E-state index contributed by atoms with van der Waals surface area (Å²) in [6, 6.07) is 6.79. The largest absolute Gasteiger partial charge is 0.470 e. The molecule has 0 aliphatic carbocycles. The van der Waals surface area contributed by atoms with Crippen LogP contribution in [-0.4, -0.2) is 69.8 Å². The van der Waals surface area contributed by atoms with Gasteiger partial charge in [0.2, 0.25) is 6.29 Å². The SMILES string of the molecule is CC(C)CC(=O)OC1C(Oc2ccc(CCN)cc2)OC(CO)C(O)C1OP(=O)(O)O.